The number of oxazole rings is 2. The highest BCUT2D eigenvalue weighted by molar-refractivity contribution is 5.41. The van der Waals surface area contributed by atoms with Crippen molar-refractivity contribution in [3.05, 3.63) is 24.5 Å². The quantitative estimate of drug-likeness (QED) is 0.770. The Bertz CT molecular complexity index is 402. The molecule has 4 heteroatoms. The topological polar surface area (TPSA) is 52.1 Å². The highest BCUT2D eigenvalue weighted by Gasteiger charge is 2.15. The standard InChI is InChI=1S/C11H14N2O2/c1-3-8(4-2)10-13-7-9(15-10)11-12-5-6-14-11/h5-8H,3-4H2,1-2H3. The van der Waals surface area contributed by atoms with Gasteiger partial charge in [0.05, 0.1) is 12.4 Å². The molecule has 0 aliphatic heterocycles. The van der Waals surface area contributed by atoms with E-state index in [9.17, 15) is 0 Å². The third kappa shape index (κ3) is 1.93. The van der Waals surface area contributed by atoms with Crippen LogP contribution in [0.2, 0.25) is 0 Å². The molecule has 0 N–H and O–H groups in total. The predicted molar refractivity (Wildman–Crippen MR) is 55.3 cm³/mol. The first-order chi connectivity index (χ1) is 7.35. The second kappa shape index (κ2) is 4.29. The minimum Gasteiger partial charge on any atom is -0.442 e. The summed E-state index contributed by atoms with van der Waals surface area (Å²) in [5.74, 6) is 2.24. The van der Waals surface area contributed by atoms with E-state index in [2.05, 4.69) is 23.8 Å². The van der Waals surface area contributed by atoms with E-state index in [-0.39, 0.29) is 0 Å². The number of rotatable bonds is 4. The largest absolute Gasteiger partial charge is 0.442 e. The lowest BCUT2D eigenvalue weighted by Crippen LogP contribution is -1.94. The van der Waals surface area contributed by atoms with Crippen LogP contribution in [-0.2, 0) is 0 Å². The number of hydrogen-bond donors (Lipinski definition) is 0. The average Bonchev–Trinajstić information content (AvgIpc) is 2.89. The molecule has 0 spiro atoms. The molecular formula is C11H14N2O2. The SMILES string of the molecule is CCC(CC)c1ncc(-c2ncco2)o1. The van der Waals surface area contributed by atoms with Crippen LogP contribution < -0.4 is 0 Å². The van der Waals surface area contributed by atoms with Crippen LogP contribution in [0.3, 0.4) is 0 Å². The van der Waals surface area contributed by atoms with Crippen molar-refractivity contribution in [2.75, 3.05) is 0 Å². The van der Waals surface area contributed by atoms with Gasteiger partial charge in [0.1, 0.15) is 6.26 Å². The molecule has 0 aliphatic rings. The van der Waals surface area contributed by atoms with Crippen molar-refractivity contribution in [3.63, 3.8) is 0 Å². The van der Waals surface area contributed by atoms with E-state index in [1.54, 1.807) is 12.4 Å². The molecule has 4 nitrogen and oxygen atoms in total. The molecule has 2 heterocycles. The van der Waals surface area contributed by atoms with Crippen molar-refractivity contribution in [3.8, 4) is 11.7 Å². The van der Waals surface area contributed by atoms with Crippen LogP contribution in [0, 0.1) is 0 Å². The van der Waals surface area contributed by atoms with Gasteiger partial charge in [0.15, 0.2) is 5.89 Å². The van der Waals surface area contributed by atoms with Gasteiger partial charge in [0.2, 0.25) is 5.76 Å². The molecule has 0 aromatic carbocycles. The summed E-state index contributed by atoms with van der Waals surface area (Å²) in [5, 5.41) is 0. The summed E-state index contributed by atoms with van der Waals surface area (Å²) in [4.78, 5) is 8.26. The molecule has 0 saturated carbocycles. The van der Waals surface area contributed by atoms with E-state index in [4.69, 9.17) is 8.83 Å². The zero-order valence-electron chi connectivity index (χ0n) is 8.93. The summed E-state index contributed by atoms with van der Waals surface area (Å²) in [7, 11) is 0. The molecular weight excluding hydrogens is 192 g/mol. The lowest BCUT2D eigenvalue weighted by atomic mass is 10.0. The summed E-state index contributed by atoms with van der Waals surface area (Å²) >= 11 is 0. The Morgan fingerprint density at radius 3 is 2.67 bits per heavy atom. The third-order valence-electron chi connectivity index (χ3n) is 2.50. The molecule has 0 atom stereocenters. The van der Waals surface area contributed by atoms with Crippen molar-refractivity contribution in [2.45, 2.75) is 32.6 Å². The Morgan fingerprint density at radius 1 is 1.27 bits per heavy atom. The first-order valence-electron chi connectivity index (χ1n) is 5.20. The summed E-state index contributed by atoms with van der Waals surface area (Å²) in [5.41, 5.74) is 0. The van der Waals surface area contributed by atoms with Crippen LogP contribution in [0.25, 0.3) is 11.7 Å². The Balaban J connectivity index is 2.24. The fourth-order valence-electron chi connectivity index (χ4n) is 1.56. The normalized spacial score (nSPS) is 11.1. The zero-order chi connectivity index (χ0) is 10.7. The monoisotopic (exact) mass is 206 g/mol. The van der Waals surface area contributed by atoms with Crippen molar-refractivity contribution in [1.29, 1.82) is 0 Å². The number of nitrogens with zero attached hydrogens (tertiary/aromatic N) is 2. The molecule has 0 aliphatic carbocycles. The van der Waals surface area contributed by atoms with E-state index >= 15 is 0 Å². The Morgan fingerprint density at radius 2 is 2.07 bits per heavy atom. The predicted octanol–water partition coefficient (Wildman–Crippen LogP) is 3.23. The summed E-state index contributed by atoms with van der Waals surface area (Å²) in [6.45, 7) is 4.26. The maximum atomic E-state index is 5.60. The van der Waals surface area contributed by atoms with Crippen molar-refractivity contribution < 1.29 is 8.83 Å². The van der Waals surface area contributed by atoms with Gasteiger partial charge in [0, 0.05) is 5.92 Å². The van der Waals surface area contributed by atoms with E-state index in [1.165, 1.54) is 6.26 Å². The molecule has 2 aromatic heterocycles. The summed E-state index contributed by atoms with van der Waals surface area (Å²) in [6, 6.07) is 0. The smallest absolute Gasteiger partial charge is 0.264 e. The fraction of sp³-hybridized carbons (Fsp3) is 0.455. The van der Waals surface area contributed by atoms with Gasteiger partial charge in [-0.3, -0.25) is 0 Å². The summed E-state index contributed by atoms with van der Waals surface area (Å²) < 4.78 is 10.7. The van der Waals surface area contributed by atoms with Gasteiger partial charge in [-0.2, -0.15) is 0 Å². The van der Waals surface area contributed by atoms with Crippen molar-refractivity contribution in [2.24, 2.45) is 0 Å². The van der Waals surface area contributed by atoms with Crippen LogP contribution in [0.15, 0.2) is 27.5 Å². The lowest BCUT2D eigenvalue weighted by molar-refractivity contribution is 0.427. The van der Waals surface area contributed by atoms with Crippen LogP contribution in [0.1, 0.15) is 38.5 Å². The second-order valence-electron chi connectivity index (χ2n) is 3.41. The van der Waals surface area contributed by atoms with Gasteiger partial charge in [0.25, 0.3) is 5.89 Å². The summed E-state index contributed by atoms with van der Waals surface area (Å²) in [6.07, 6.45) is 6.84. The van der Waals surface area contributed by atoms with Crippen LogP contribution in [0.4, 0.5) is 0 Å². The van der Waals surface area contributed by atoms with Gasteiger partial charge in [-0.15, -0.1) is 0 Å². The molecule has 2 rings (SSSR count). The Labute approximate surface area is 88.3 Å². The fourth-order valence-corrected chi connectivity index (χ4v) is 1.56. The highest BCUT2D eigenvalue weighted by Crippen LogP contribution is 2.26. The minimum absolute atomic E-state index is 0.383. The van der Waals surface area contributed by atoms with E-state index < -0.39 is 0 Å². The minimum atomic E-state index is 0.383. The molecule has 0 amide bonds. The van der Waals surface area contributed by atoms with Gasteiger partial charge >= 0.3 is 0 Å². The van der Waals surface area contributed by atoms with Crippen LogP contribution in [-0.4, -0.2) is 9.97 Å². The molecule has 80 valence electrons. The molecule has 0 unspecified atom stereocenters. The first kappa shape index (κ1) is 9.96. The maximum Gasteiger partial charge on any atom is 0.264 e. The molecule has 0 fully saturated rings. The average molecular weight is 206 g/mol. The number of hydrogen-bond acceptors (Lipinski definition) is 4. The Hall–Kier alpha value is -1.58. The van der Waals surface area contributed by atoms with E-state index in [1.807, 2.05) is 0 Å². The lowest BCUT2D eigenvalue weighted by Gasteiger charge is -2.05. The van der Waals surface area contributed by atoms with Gasteiger partial charge < -0.3 is 8.83 Å². The van der Waals surface area contributed by atoms with Gasteiger partial charge in [-0.25, -0.2) is 9.97 Å². The molecule has 0 radical (unpaired) electrons. The maximum absolute atomic E-state index is 5.60. The molecule has 15 heavy (non-hydrogen) atoms. The van der Waals surface area contributed by atoms with E-state index in [0.717, 1.165) is 18.7 Å². The van der Waals surface area contributed by atoms with Crippen LogP contribution in [0.5, 0.6) is 0 Å². The van der Waals surface area contributed by atoms with Crippen molar-refractivity contribution in [1.82, 2.24) is 9.97 Å². The third-order valence-corrected chi connectivity index (χ3v) is 2.50. The van der Waals surface area contributed by atoms with Crippen LogP contribution >= 0.6 is 0 Å². The van der Waals surface area contributed by atoms with Gasteiger partial charge in [-0.1, -0.05) is 13.8 Å². The first-order valence-corrected chi connectivity index (χ1v) is 5.20. The van der Waals surface area contributed by atoms with E-state index in [0.29, 0.717) is 17.6 Å². The zero-order valence-corrected chi connectivity index (χ0v) is 8.93. The number of aromatic nitrogens is 2. The molecule has 2 aromatic rings. The molecule has 0 saturated heterocycles. The van der Waals surface area contributed by atoms with Crippen molar-refractivity contribution >= 4 is 0 Å². The second-order valence-corrected chi connectivity index (χ2v) is 3.41. The molecule has 0 bridgehead atoms. The van der Waals surface area contributed by atoms with Gasteiger partial charge in [-0.05, 0) is 12.8 Å². The highest BCUT2D eigenvalue weighted by atomic mass is 16.4. The Kier molecular flexibility index (Phi) is 2.85.